The minimum atomic E-state index is -0.487. The van der Waals surface area contributed by atoms with E-state index in [1.54, 1.807) is 6.07 Å². The molecule has 6 nitrogen and oxygen atoms in total. The number of rotatable bonds is 12. The molecule has 0 fully saturated rings. The predicted octanol–water partition coefficient (Wildman–Crippen LogP) is 3.21. The summed E-state index contributed by atoms with van der Waals surface area (Å²) in [5.41, 5.74) is 6.35. The van der Waals surface area contributed by atoms with Crippen molar-refractivity contribution in [1.29, 1.82) is 0 Å². The molecule has 0 spiro atoms. The molecule has 6 heteroatoms. The summed E-state index contributed by atoms with van der Waals surface area (Å²) in [6.45, 7) is 11.0. The molecule has 0 radical (unpaired) electrons. The standard InChI is InChI=1S/C21H36N4O2/c1-5-7-8-12-21(3,4)16-25-20(23-6-2)24-14-17-10-9-11-18(13-17)27-15-19(22)26/h9-11,13H,5-8,12,14-16H2,1-4H3,(H2,22,26)(H2,23,24,25). The molecular formula is C21H36N4O2. The number of amides is 1. The number of unbranched alkanes of at least 4 members (excludes halogenated alkanes) is 2. The first-order valence-electron chi connectivity index (χ1n) is 9.88. The number of carbonyl (C=O) groups is 1. The van der Waals surface area contributed by atoms with Crippen LogP contribution in [0.5, 0.6) is 5.75 Å². The second-order valence-corrected chi connectivity index (χ2v) is 7.57. The number of benzene rings is 1. The maximum Gasteiger partial charge on any atom is 0.255 e. The third-order valence-electron chi connectivity index (χ3n) is 4.24. The molecule has 0 aliphatic carbocycles. The number of nitrogens with one attached hydrogen (secondary N) is 2. The lowest BCUT2D eigenvalue weighted by Crippen LogP contribution is -2.42. The summed E-state index contributed by atoms with van der Waals surface area (Å²) in [6.07, 6.45) is 4.99. The van der Waals surface area contributed by atoms with Crippen molar-refractivity contribution in [2.45, 2.75) is 59.9 Å². The van der Waals surface area contributed by atoms with Crippen LogP contribution >= 0.6 is 0 Å². The predicted molar refractivity (Wildman–Crippen MR) is 112 cm³/mol. The number of aliphatic imine (C=N–C) groups is 1. The van der Waals surface area contributed by atoms with Gasteiger partial charge in [-0.1, -0.05) is 52.2 Å². The van der Waals surface area contributed by atoms with Crippen LogP contribution in [0, 0.1) is 5.41 Å². The second-order valence-electron chi connectivity index (χ2n) is 7.57. The normalized spacial score (nSPS) is 11.9. The molecule has 152 valence electrons. The van der Waals surface area contributed by atoms with Crippen molar-refractivity contribution in [3.63, 3.8) is 0 Å². The van der Waals surface area contributed by atoms with Crippen molar-refractivity contribution in [1.82, 2.24) is 10.6 Å². The Morgan fingerprint density at radius 2 is 2.00 bits per heavy atom. The molecule has 0 bridgehead atoms. The van der Waals surface area contributed by atoms with Gasteiger partial charge in [-0.05, 0) is 36.5 Å². The number of ether oxygens (including phenoxy) is 1. The van der Waals surface area contributed by atoms with E-state index in [4.69, 9.17) is 10.5 Å². The molecule has 0 aliphatic rings. The second kappa shape index (κ2) is 12.2. The highest BCUT2D eigenvalue weighted by atomic mass is 16.5. The van der Waals surface area contributed by atoms with Gasteiger partial charge in [0.05, 0.1) is 6.54 Å². The van der Waals surface area contributed by atoms with Crippen LogP contribution in [0.4, 0.5) is 0 Å². The zero-order valence-corrected chi connectivity index (χ0v) is 17.3. The number of nitrogens with zero attached hydrogens (tertiary/aromatic N) is 1. The number of carbonyl (C=O) groups excluding carboxylic acids is 1. The first kappa shape index (κ1) is 22.8. The van der Waals surface area contributed by atoms with Crippen molar-refractivity contribution in [2.24, 2.45) is 16.1 Å². The molecule has 0 aliphatic heterocycles. The lowest BCUT2D eigenvalue weighted by Gasteiger charge is -2.26. The smallest absolute Gasteiger partial charge is 0.255 e. The van der Waals surface area contributed by atoms with E-state index in [9.17, 15) is 4.79 Å². The van der Waals surface area contributed by atoms with Gasteiger partial charge < -0.3 is 21.1 Å². The minimum absolute atomic E-state index is 0.121. The van der Waals surface area contributed by atoms with Gasteiger partial charge in [0.2, 0.25) is 0 Å². The number of primary amides is 1. The molecule has 0 aromatic heterocycles. The largest absolute Gasteiger partial charge is 0.484 e. The van der Waals surface area contributed by atoms with Crippen LogP contribution in [0.15, 0.2) is 29.3 Å². The van der Waals surface area contributed by atoms with Gasteiger partial charge in [0.15, 0.2) is 12.6 Å². The molecule has 0 atom stereocenters. The Kier molecular flexibility index (Phi) is 10.3. The summed E-state index contributed by atoms with van der Waals surface area (Å²) >= 11 is 0. The quantitative estimate of drug-likeness (QED) is 0.297. The molecule has 0 saturated heterocycles. The van der Waals surface area contributed by atoms with E-state index in [2.05, 4.69) is 43.3 Å². The molecule has 1 rings (SSSR count). The van der Waals surface area contributed by atoms with E-state index in [1.165, 1.54) is 25.7 Å². The fraction of sp³-hybridized carbons (Fsp3) is 0.619. The monoisotopic (exact) mass is 376 g/mol. The number of nitrogens with two attached hydrogens (primary N) is 1. The Morgan fingerprint density at radius 3 is 2.67 bits per heavy atom. The summed E-state index contributed by atoms with van der Waals surface area (Å²) in [5.74, 6) is 0.944. The van der Waals surface area contributed by atoms with Crippen molar-refractivity contribution in [2.75, 3.05) is 19.7 Å². The van der Waals surface area contributed by atoms with Crippen molar-refractivity contribution in [3.05, 3.63) is 29.8 Å². The van der Waals surface area contributed by atoms with Crippen molar-refractivity contribution < 1.29 is 9.53 Å². The maximum absolute atomic E-state index is 10.8. The minimum Gasteiger partial charge on any atom is -0.484 e. The summed E-state index contributed by atoms with van der Waals surface area (Å²) in [7, 11) is 0. The lowest BCUT2D eigenvalue weighted by molar-refractivity contribution is -0.119. The van der Waals surface area contributed by atoms with Gasteiger partial charge >= 0.3 is 0 Å². The third kappa shape index (κ3) is 10.5. The average molecular weight is 377 g/mol. The highest BCUT2D eigenvalue weighted by Gasteiger charge is 2.17. The molecule has 1 aromatic rings. The van der Waals surface area contributed by atoms with Gasteiger partial charge in [-0.25, -0.2) is 4.99 Å². The van der Waals surface area contributed by atoms with E-state index in [0.29, 0.717) is 12.3 Å². The van der Waals surface area contributed by atoms with E-state index in [0.717, 1.165) is 24.6 Å². The van der Waals surface area contributed by atoms with Gasteiger partial charge in [-0.3, -0.25) is 4.79 Å². The molecule has 0 unspecified atom stereocenters. The van der Waals surface area contributed by atoms with E-state index in [-0.39, 0.29) is 12.0 Å². The van der Waals surface area contributed by atoms with E-state index >= 15 is 0 Å². The first-order chi connectivity index (χ1) is 12.9. The molecule has 1 aromatic carbocycles. The fourth-order valence-electron chi connectivity index (χ4n) is 2.67. The van der Waals surface area contributed by atoms with Crippen LogP contribution in [0.3, 0.4) is 0 Å². The fourth-order valence-corrected chi connectivity index (χ4v) is 2.67. The molecule has 0 saturated carbocycles. The van der Waals surface area contributed by atoms with Crippen molar-refractivity contribution >= 4 is 11.9 Å². The summed E-state index contributed by atoms with van der Waals surface area (Å²) in [4.78, 5) is 15.5. The first-order valence-corrected chi connectivity index (χ1v) is 9.88. The van der Waals surface area contributed by atoms with Crippen LogP contribution in [0.2, 0.25) is 0 Å². The number of hydrogen-bond acceptors (Lipinski definition) is 3. The Morgan fingerprint density at radius 1 is 1.22 bits per heavy atom. The van der Waals surface area contributed by atoms with Gasteiger partial charge in [-0.2, -0.15) is 0 Å². The van der Waals surface area contributed by atoms with Crippen LogP contribution in [0.1, 0.15) is 58.9 Å². The van der Waals surface area contributed by atoms with Gasteiger partial charge in [-0.15, -0.1) is 0 Å². The van der Waals surface area contributed by atoms with Crippen LogP contribution in [-0.4, -0.2) is 31.6 Å². The Bertz CT molecular complexity index is 600. The molecule has 4 N–H and O–H groups in total. The number of guanidine groups is 1. The number of hydrogen-bond donors (Lipinski definition) is 3. The average Bonchev–Trinajstić information content (AvgIpc) is 2.63. The van der Waals surface area contributed by atoms with Crippen molar-refractivity contribution in [3.8, 4) is 5.75 Å². The van der Waals surface area contributed by atoms with Crippen LogP contribution in [-0.2, 0) is 11.3 Å². The lowest BCUT2D eigenvalue weighted by atomic mass is 9.87. The summed E-state index contributed by atoms with van der Waals surface area (Å²) in [6, 6.07) is 7.56. The zero-order chi connectivity index (χ0) is 20.1. The Hall–Kier alpha value is -2.24. The zero-order valence-electron chi connectivity index (χ0n) is 17.3. The molecule has 0 heterocycles. The van der Waals surface area contributed by atoms with Crippen LogP contribution < -0.4 is 21.1 Å². The van der Waals surface area contributed by atoms with E-state index < -0.39 is 5.91 Å². The Balaban J connectivity index is 2.62. The SMILES string of the molecule is CCCCCC(C)(C)CNC(=NCc1cccc(OCC(N)=O)c1)NCC. The molecular weight excluding hydrogens is 340 g/mol. The topological polar surface area (TPSA) is 88.7 Å². The third-order valence-corrected chi connectivity index (χ3v) is 4.24. The highest BCUT2D eigenvalue weighted by molar-refractivity contribution is 5.79. The Labute approximate surface area is 164 Å². The maximum atomic E-state index is 10.8. The molecule has 1 amide bonds. The van der Waals surface area contributed by atoms with E-state index in [1.807, 2.05) is 18.2 Å². The highest BCUT2D eigenvalue weighted by Crippen LogP contribution is 2.22. The summed E-state index contributed by atoms with van der Waals surface area (Å²) < 4.78 is 5.35. The van der Waals surface area contributed by atoms with Gasteiger partial charge in [0.1, 0.15) is 5.75 Å². The van der Waals surface area contributed by atoms with Gasteiger partial charge in [0.25, 0.3) is 5.91 Å². The molecule has 27 heavy (non-hydrogen) atoms. The van der Waals surface area contributed by atoms with Crippen LogP contribution in [0.25, 0.3) is 0 Å². The van der Waals surface area contributed by atoms with Gasteiger partial charge in [0, 0.05) is 13.1 Å². The summed E-state index contributed by atoms with van der Waals surface area (Å²) in [5, 5.41) is 6.75.